The van der Waals surface area contributed by atoms with E-state index < -0.39 is 11.7 Å². The SMILES string of the molecule is COc1ccccc1C(=O)[C@@H]1CCCN(C(=O)c2ccc(C(F)(F)F)cc2)C1. The number of Topliss-reactive ketones (excluding diaryl/α,β-unsaturated/α-hetero) is 1. The van der Waals surface area contributed by atoms with Crippen LogP contribution in [-0.2, 0) is 6.18 Å². The van der Waals surface area contributed by atoms with Crippen LogP contribution in [-0.4, -0.2) is 36.8 Å². The van der Waals surface area contributed by atoms with E-state index in [1.54, 1.807) is 24.3 Å². The lowest BCUT2D eigenvalue weighted by molar-refractivity contribution is -0.137. The van der Waals surface area contributed by atoms with Crippen LogP contribution in [0.15, 0.2) is 48.5 Å². The summed E-state index contributed by atoms with van der Waals surface area (Å²) in [6.45, 7) is 0.701. The van der Waals surface area contributed by atoms with Gasteiger partial charge in [-0.3, -0.25) is 9.59 Å². The van der Waals surface area contributed by atoms with E-state index in [1.165, 1.54) is 24.1 Å². The fraction of sp³-hybridized carbons (Fsp3) is 0.333. The number of likely N-dealkylation sites (tertiary alicyclic amines) is 1. The molecule has 0 N–H and O–H groups in total. The number of benzene rings is 2. The summed E-state index contributed by atoms with van der Waals surface area (Å²) in [6, 6.07) is 11.1. The number of carbonyl (C=O) groups is 2. The Kier molecular flexibility index (Phi) is 5.72. The molecule has 1 saturated heterocycles. The van der Waals surface area contributed by atoms with Gasteiger partial charge in [-0.1, -0.05) is 12.1 Å². The molecule has 4 nitrogen and oxygen atoms in total. The highest BCUT2D eigenvalue weighted by molar-refractivity contribution is 6.01. The second kappa shape index (κ2) is 8.04. The van der Waals surface area contributed by atoms with Crippen molar-refractivity contribution in [1.82, 2.24) is 4.90 Å². The average Bonchev–Trinajstić information content (AvgIpc) is 2.72. The number of hydrogen-bond donors (Lipinski definition) is 0. The van der Waals surface area contributed by atoms with Crippen molar-refractivity contribution in [3.05, 3.63) is 65.2 Å². The van der Waals surface area contributed by atoms with Crippen molar-refractivity contribution in [2.75, 3.05) is 20.2 Å². The van der Waals surface area contributed by atoms with Crippen LogP contribution >= 0.6 is 0 Å². The topological polar surface area (TPSA) is 46.6 Å². The van der Waals surface area contributed by atoms with Crippen LogP contribution in [0, 0.1) is 5.92 Å². The smallest absolute Gasteiger partial charge is 0.416 e. The lowest BCUT2D eigenvalue weighted by atomic mass is 9.89. The van der Waals surface area contributed by atoms with Gasteiger partial charge in [0, 0.05) is 24.6 Å². The zero-order valence-electron chi connectivity index (χ0n) is 15.3. The maximum atomic E-state index is 12.9. The Balaban J connectivity index is 1.74. The number of ether oxygens (including phenoxy) is 1. The summed E-state index contributed by atoms with van der Waals surface area (Å²) in [5.41, 5.74) is -0.149. The third-order valence-corrected chi connectivity index (χ3v) is 4.91. The summed E-state index contributed by atoms with van der Waals surface area (Å²) in [5, 5.41) is 0. The third-order valence-electron chi connectivity index (χ3n) is 4.91. The maximum absolute atomic E-state index is 12.9. The molecule has 1 fully saturated rings. The molecule has 0 aromatic heterocycles. The monoisotopic (exact) mass is 391 g/mol. The first-order valence-electron chi connectivity index (χ1n) is 8.95. The van der Waals surface area contributed by atoms with Gasteiger partial charge in [0.2, 0.25) is 0 Å². The number of rotatable bonds is 4. The Morgan fingerprint density at radius 3 is 2.39 bits per heavy atom. The number of carbonyl (C=O) groups excluding carboxylic acids is 2. The second-order valence-corrected chi connectivity index (χ2v) is 6.73. The van der Waals surface area contributed by atoms with E-state index in [4.69, 9.17) is 4.74 Å². The molecule has 0 bridgehead atoms. The summed E-state index contributed by atoms with van der Waals surface area (Å²) >= 11 is 0. The fourth-order valence-electron chi connectivity index (χ4n) is 3.43. The first-order valence-corrected chi connectivity index (χ1v) is 8.95. The van der Waals surface area contributed by atoms with Crippen LogP contribution in [0.5, 0.6) is 5.75 Å². The van der Waals surface area contributed by atoms with Crippen molar-refractivity contribution < 1.29 is 27.5 Å². The number of alkyl halides is 3. The molecule has 1 atom stereocenters. The van der Waals surface area contributed by atoms with Crippen LogP contribution in [0.25, 0.3) is 0 Å². The summed E-state index contributed by atoms with van der Waals surface area (Å²) in [4.78, 5) is 27.1. The largest absolute Gasteiger partial charge is 0.496 e. The van der Waals surface area contributed by atoms with Crippen molar-refractivity contribution in [3.8, 4) is 5.75 Å². The van der Waals surface area contributed by atoms with Crippen molar-refractivity contribution in [2.45, 2.75) is 19.0 Å². The van der Waals surface area contributed by atoms with Crippen LogP contribution in [0.2, 0.25) is 0 Å². The first kappa shape index (κ1) is 19.9. The third kappa shape index (κ3) is 4.18. The lowest BCUT2D eigenvalue weighted by Crippen LogP contribution is -2.42. The summed E-state index contributed by atoms with van der Waals surface area (Å²) < 4.78 is 43.3. The number of halogens is 3. The van der Waals surface area contributed by atoms with Gasteiger partial charge in [-0.25, -0.2) is 0 Å². The zero-order valence-corrected chi connectivity index (χ0v) is 15.3. The van der Waals surface area contributed by atoms with Gasteiger partial charge < -0.3 is 9.64 Å². The number of ketones is 1. The molecule has 1 amide bonds. The molecule has 1 aliphatic heterocycles. The normalized spacial score (nSPS) is 17.3. The molecular weight excluding hydrogens is 371 g/mol. The van der Waals surface area contributed by atoms with Gasteiger partial charge >= 0.3 is 6.18 Å². The van der Waals surface area contributed by atoms with Crippen molar-refractivity contribution >= 4 is 11.7 Å². The van der Waals surface area contributed by atoms with E-state index in [9.17, 15) is 22.8 Å². The number of nitrogens with zero attached hydrogens (tertiary/aromatic N) is 1. The minimum atomic E-state index is -4.45. The van der Waals surface area contributed by atoms with Crippen molar-refractivity contribution in [2.24, 2.45) is 5.92 Å². The van der Waals surface area contributed by atoms with E-state index in [2.05, 4.69) is 0 Å². The number of methoxy groups -OCH3 is 1. The lowest BCUT2D eigenvalue weighted by Gasteiger charge is -2.32. The number of para-hydroxylation sites is 1. The van der Waals surface area contributed by atoms with Crippen molar-refractivity contribution in [1.29, 1.82) is 0 Å². The van der Waals surface area contributed by atoms with E-state index >= 15 is 0 Å². The van der Waals surface area contributed by atoms with Gasteiger partial charge in [0.25, 0.3) is 5.91 Å². The Labute approximate surface area is 160 Å². The van der Waals surface area contributed by atoms with Gasteiger partial charge in [-0.15, -0.1) is 0 Å². The molecule has 1 aliphatic rings. The predicted octanol–water partition coefficient (Wildman–Crippen LogP) is 4.45. The molecule has 0 spiro atoms. The van der Waals surface area contributed by atoms with Gasteiger partial charge in [-0.05, 0) is 49.2 Å². The zero-order chi connectivity index (χ0) is 20.3. The van der Waals surface area contributed by atoms with E-state index in [0.717, 1.165) is 12.1 Å². The molecule has 1 heterocycles. The van der Waals surface area contributed by atoms with Gasteiger partial charge in [-0.2, -0.15) is 13.2 Å². The van der Waals surface area contributed by atoms with E-state index in [-0.39, 0.29) is 29.7 Å². The highest BCUT2D eigenvalue weighted by atomic mass is 19.4. The molecule has 7 heteroatoms. The van der Waals surface area contributed by atoms with Crippen molar-refractivity contribution in [3.63, 3.8) is 0 Å². The Morgan fingerprint density at radius 2 is 1.75 bits per heavy atom. The Bertz CT molecular complexity index is 862. The summed E-state index contributed by atoms with van der Waals surface area (Å²) in [6.07, 6.45) is -3.15. The van der Waals surface area contributed by atoms with Gasteiger partial charge in [0.05, 0.1) is 18.2 Å². The average molecular weight is 391 g/mol. The van der Waals surface area contributed by atoms with Crippen LogP contribution in [0.1, 0.15) is 39.1 Å². The standard InChI is InChI=1S/C21H20F3NO3/c1-28-18-7-3-2-6-17(18)19(26)15-5-4-12-25(13-15)20(27)14-8-10-16(11-9-14)21(22,23)24/h2-3,6-11,15H,4-5,12-13H2,1H3/t15-/m1/s1. The van der Waals surface area contributed by atoms with Crippen LogP contribution in [0.4, 0.5) is 13.2 Å². The molecule has 2 aromatic rings. The summed E-state index contributed by atoms with van der Waals surface area (Å²) in [7, 11) is 1.49. The molecule has 0 saturated carbocycles. The first-order chi connectivity index (χ1) is 13.3. The minimum Gasteiger partial charge on any atom is -0.496 e. The Morgan fingerprint density at radius 1 is 1.07 bits per heavy atom. The molecule has 0 unspecified atom stereocenters. The number of hydrogen-bond acceptors (Lipinski definition) is 3. The molecule has 0 aliphatic carbocycles. The second-order valence-electron chi connectivity index (χ2n) is 6.73. The molecule has 148 valence electrons. The number of amides is 1. The van der Waals surface area contributed by atoms with Crippen LogP contribution in [0.3, 0.4) is 0 Å². The van der Waals surface area contributed by atoms with E-state index in [1.807, 2.05) is 0 Å². The molecule has 3 rings (SSSR count). The molecule has 0 radical (unpaired) electrons. The van der Waals surface area contributed by atoms with Gasteiger partial charge in [0.15, 0.2) is 5.78 Å². The summed E-state index contributed by atoms with van der Waals surface area (Å²) in [5.74, 6) is -0.351. The number of piperidine rings is 1. The highest BCUT2D eigenvalue weighted by Crippen LogP contribution is 2.30. The predicted molar refractivity (Wildman–Crippen MR) is 97.4 cm³/mol. The quantitative estimate of drug-likeness (QED) is 0.724. The minimum absolute atomic E-state index is 0.0950. The van der Waals surface area contributed by atoms with Crippen LogP contribution < -0.4 is 4.74 Å². The highest BCUT2D eigenvalue weighted by Gasteiger charge is 2.32. The molecular formula is C21H20F3NO3. The Hall–Kier alpha value is -2.83. The molecule has 28 heavy (non-hydrogen) atoms. The molecule has 2 aromatic carbocycles. The fourth-order valence-corrected chi connectivity index (χ4v) is 3.43. The van der Waals surface area contributed by atoms with Gasteiger partial charge in [0.1, 0.15) is 5.75 Å². The maximum Gasteiger partial charge on any atom is 0.416 e. The van der Waals surface area contributed by atoms with E-state index in [0.29, 0.717) is 30.7 Å².